The van der Waals surface area contributed by atoms with Crippen LogP contribution in [0, 0.1) is 0 Å². The van der Waals surface area contributed by atoms with E-state index in [2.05, 4.69) is 20.5 Å². The third kappa shape index (κ3) is 1.85. The molecule has 0 aliphatic carbocycles. The molecule has 3 N–H and O–H groups in total. The summed E-state index contributed by atoms with van der Waals surface area (Å²) >= 11 is 0. The van der Waals surface area contributed by atoms with Gasteiger partial charge < -0.3 is 15.5 Å². The van der Waals surface area contributed by atoms with Crippen LogP contribution in [0.2, 0.25) is 0 Å². The van der Waals surface area contributed by atoms with E-state index in [9.17, 15) is 0 Å². The largest absolute Gasteiger partial charge is 0.409 e. The molecule has 0 atom stereocenters. The first kappa shape index (κ1) is 10.1. The predicted octanol–water partition coefficient (Wildman–Crippen LogP) is -0.846. The van der Waals surface area contributed by atoms with E-state index in [1.807, 2.05) is 0 Å². The maximum atomic E-state index is 8.58. The zero-order valence-electron chi connectivity index (χ0n) is 8.65. The van der Waals surface area contributed by atoms with Gasteiger partial charge in [-0.1, -0.05) is 10.4 Å². The van der Waals surface area contributed by atoms with E-state index in [1.54, 1.807) is 34.9 Å². The number of aryl methyl sites for hydroxylation is 1. The van der Waals surface area contributed by atoms with Crippen molar-refractivity contribution < 1.29 is 5.21 Å². The summed E-state index contributed by atoms with van der Waals surface area (Å²) in [6.45, 7) is 0.472. The molecule has 2 aromatic rings. The van der Waals surface area contributed by atoms with E-state index in [0.29, 0.717) is 12.4 Å². The van der Waals surface area contributed by atoms with Crippen LogP contribution in [0.15, 0.2) is 23.7 Å². The fraction of sp³-hybridized carbons (Fsp3) is 0.250. The first-order valence-electron chi connectivity index (χ1n) is 4.55. The lowest BCUT2D eigenvalue weighted by atomic mass is 10.4. The van der Waals surface area contributed by atoms with Gasteiger partial charge in [0.25, 0.3) is 0 Å². The van der Waals surface area contributed by atoms with Gasteiger partial charge >= 0.3 is 0 Å². The van der Waals surface area contributed by atoms with Gasteiger partial charge in [0.2, 0.25) is 5.84 Å². The Morgan fingerprint density at radius 3 is 3.06 bits per heavy atom. The molecule has 84 valence electrons. The van der Waals surface area contributed by atoms with Crippen LogP contribution in [0.25, 0.3) is 0 Å². The number of hydrogen-bond donors (Lipinski definition) is 2. The first-order valence-corrected chi connectivity index (χ1v) is 4.55. The van der Waals surface area contributed by atoms with Crippen molar-refractivity contribution in [1.29, 1.82) is 0 Å². The molecule has 0 aliphatic rings. The van der Waals surface area contributed by atoms with Gasteiger partial charge in [-0.3, -0.25) is 4.68 Å². The van der Waals surface area contributed by atoms with E-state index >= 15 is 0 Å². The molecule has 0 unspecified atom stereocenters. The summed E-state index contributed by atoms with van der Waals surface area (Å²) < 4.78 is 3.33. The highest BCUT2D eigenvalue weighted by atomic mass is 16.4. The van der Waals surface area contributed by atoms with Crippen LogP contribution in [-0.2, 0) is 13.6 Å². The molecule has 0 spiro atoms. The summed E-state index contributed by atoms with van der Waals surface area (Å²) in [4.78, 5) is 3.98. The molecule has 8 nitrogen and oxygen atoms in total. The minimum atomic E-state index is -0.0334. The first-order chi connectivity index (χ1) is 7.70. The van der Waals surface area contributed by atoms with E-state index in [-0.39, 0.29) is 5.84 Å². The quantitative estimate of drug-likeness (QED) is 0.304. The lowest BCUT2D eigenvalue weighted by Gasteiger charge is -2.03. The Labute approximate surface area is 91.0 Å². The minimum Gasteiger partial charge on any atom is -0.409 e. The smallest absolute Gasteiger partial charge is 0.206 e. The van der Waals surface area contributed by atoms with Crippen molar-refractivity contribution >= 4 is 5.84 Å². The predicted molar refractivity (Wildman–Crippen MR) is 54.8 cm³/mol. The molecule has 0 fully saturated rings. The molecule has 2 rings (SSSR count). The number of amidine groups is 1. The maximum absolute atomic E-state index is 8.58. The lowest BCUT2D eigenvalue weighted by molar-refractivity contribution is 0.318. The summed E-state index contributed by atoms with van der Waals surface area (Å²) in [6, 6.07) is 0. The van der Waals surface area contributed by atoms with Crippen molar-refractivity contribution in [2.24, 2.45) is 17.9 Å². The Morgan fingerprint density at radius 2 is 2.44 bits per heavy atom. The Morgan fingerprint density at radius 1 is 1.62 bits per heavy atom. The van der Waals surface area contributed by atoms with Gasteiger partial charge in [-0.15, -0.1) is 5.10 Å². The van der Waals surface area contributed by atoms with Gasteiger partial charge in [-0.2, -0.15) is 0 Å². The summed E-state index contributed by atoms with van der Waals surface area (Å²) in [5.41, 5.74) is 6.24. The van der Waals surface area contributed by atoms with Crippen LogP contribution < -0.4 is 5.73 Å². The van der Waals surface area contributed by atoms with Crippen LogP contribution in [0.5, 0.6) is 0 Å². The van der Waals surface area contributed by atoms with E-state index in [4.69, 9.17) is 10.9 Å². The van der Waals surface area contributed by atoms with Gasteiger partial charge in [0.1, 0.15) is 5.69 Å². The normalized spacial score (nSPS) is 11.9. The summed E-state index contributed by atoms with van der Waals surface area (Å²) in [7, 11) is 1.79. The number of aromatic nitrogens is 5. The summed E-state index contributed by atoms with van der Waals surface area (Å²) in [6.07, 6.45) is 5.09. The Balaban J connectivity index is 2.25. The highest BCUT2D eigenvalue weighted by Gasteiger charge is 2.09. The van der Waals surface area contributed by atoms with Crippen LogP contribution in [0.3, 0.4) is 0 Å². The molecule has 2 heterocycles. The Kier molecular flexibility index (Phi) is 2.54. The van der Waals surface area contributed by atoms with Crippen molar-refractivity contribution in [2.45, 2.75) is 6.54 Å². The molecule has 0 amide bonds. The molecular formula is C8H11N7O. The van der Waals surface area contributed by atoms with Gasteiger partial charge in [0.05, 0.1) is 6.54 Å². The molecule has 2 aromatic heterocycles. The number of imidazole rings is 1. The fourth-order valence-electron chi connectivity index (χ4n) is 1.36. The van der Waals surface area contributed by atoms with E-state index < -0.39 is 0 Å². The second-order valence-corrected chi connectivity index (χ2v) is 3.25. The van der Waals surface area contributed by atoms with E-state index in [0.717, 1.165) is 5.69 Å². The van der Waals surface area contributed by atoms with Crippen LogP contribution in [0.1, 0.15) is 11.5 Å². The van der Waals surface area contributed by atoms with Crippen molar-refractivity contribution in [3.8, 4) is 0 Å². The monoisotopic (exact) mass is 221 g/mol. The van der Waals surface area contributed by atoms with Gasteiger partial charge in [-0.05, 0) is 0 Å². The number of oxime groups is 1. The number of hydrogen-bond acceptors (Lipinski definition) is 5. The van der Waals surface area contributed by atoms with Gasteiger partial charge in [0.15, 0.2) is 5.82 Å². The van der Waals surface area contributed by atoms with Crippen molar-refractivity contribution in [3.05, 3.63) is 30.1 Å². The molecule has 16 heavy (non-hydrogen) atoms. The van der Waals surface area contributed by atoms with Crippen molar-refractivity contribution in [1.82, 2.24) is 24.5 Å². The molecular weight excluding hydrogens is 210 g/mol. The molecule has 8 heteroatoms. The molecule has 0 bridgehead atoms. The molecule has 0 aromatic carbocycles. The van der Waals surface area contributed by atoms with Crippen LogP contribution in [0.4, 0.5) is 0 Å². The van der Waals surface area contributed by atoms with Crippen molar-refractivity contribution in [2.75, 3.05) is 0 Å². The average molecular weight is 221 g/mol. The Bertz CT molecular complexity index is 512. The number of nitrogens with two attached hydrogens (primary N) is 1. The van der Waals surface area contributed by atoms with Gasteiger partial charge in [0, 0.05) is 25.6 Å². The lowest BCUT2D eigenvalue weighted by Crippen LogP contribution is -2.19. The number of nitrogens with zero attached hydrogens (tertiary/aromatic N) is 6. The van der Waals surface area contributed by atoms with Crippen LogP contribution in [-0.4, -0.2) is 35.6 Å². The maximum Gasteiger partial charge on any atom is 0.206 e. The topological polar surface area (TPSA) is 107 Å². The molecule has 0 saturated heterocycles. The average Bonchev–Trinajstić information content (AvgIpc) is 2.87. The number of rotatable bonds is 3. The zero-order valence-corrected chi connectivity index (χ0v) is 8.65. The third-order valence-corrected chi connectivity index (χ3v) is 2.03. The van der Waals surface area contributed by atoms with Gasteiger partial charge in [-0.25, -0.2) is 4.98 Å². The minimum absolute atomic E-state index is 0.0334. The Hall–Kier alpha value is -2.38. The molecule has 0 radical (unpaired) electrons. The standard InChI is InChI=1S/C8H11N7O/c1-14-4-6(11-13-14)5-15-3-2-10-8(15)7(9)12-16/h2-4,16H,5H2,1H3,(H2,9,12). The second-order valence-electron chi connectivity index (χ2n) is 3.25. The molecule has 0 aliphatic heterocycles. The summed E-state index contributed by atoms with van der Waals surface area (Å²) in [5.74, 6) is 0.363. The molecule has 0 saturated carbocycles. The summed E-state index contributed by atoms with van der Waals surface area (Å²) in [5, 5.41) is 19.2. The third-order valence-electron chi connectivity index (χ3n) is 2.03. The highest BCUT2D eigenvalue weighted by Crippen LogP contribution is 2.02. The van der Waals surface area contributed by atoms with E-state index in [1.165, 1.54) is 0 Å². The van der Waals surface area contributed by atoms with Crippen LogP contribution >= 0.6 is 0 Å². The SMILES string of the molecule is Cn1cc(Cn2ccnc2/C(N)=N/O)nn1. The zero-order chi connectivity index (χ0) is 11.5. The van der Waals surface area contributed by atoms with Crippen molar-refractivity contribution in [3.63, 3.8) is 0 Å². The highest BCUT2D eigenvalue weighted by molar-refractivity contribution is 5.93. The fourth-order valence-corrected chi connectivity index (χ4v) is 1.36. The second kappa shape index (κ2) is 4.01.